The van der Waals surface area contributed by atoms with Gasteiger partial charge in [0.15, 0.2) is 0 Å². The molecule has 0 aliphatic heterocycles. The summed E-state index contributed by atoms with van der Waals surface area (Å²) in [6.07, 6.45) is 8.20. The predicted octanol–water partition coefficient (Wildman–Crippen LogP) is 5.26. The highest BCUT2D eigenvalue weighted by molar-refractivity contribution is 6.98. The van der Waals surface area contributed by atoms with Crippen LogP contribution in [0.2, 0.25) is 6.55 Å². The van der Waals surface area contributed by atoms with Crippen LogP contribution in [0.5, 0.6) is 0 Å². The topological polar surface area (TPSA) is 35.5 Å². The molecule has 2 rings (SSSR count). The van der Waals surface area contributed by atoms with E-state index in [1.54, 1.807) is 12.1 Å². The fourth-order valence-electron chi connectivity index (χ4n) is 3.45. The quantitative estimate of drug-likeness (QED) is 0.337. The van der Waals surface area contributed by atoms with Crippen molar-refractivity contribution < 1.29 is 14.6 Å². The summed E-state index contributed by atoms with van der Waals surface area (Å²) in [7, 11) is -1.85. The summed E-state index contributed by atoms with van der Waals surface area (Å²) < 4.78 is 0. The molecule has 0 amide bonds. The minimum Gasteiger partial charge on any atom is -0.293 e. The molecule has 1 aliphatic rings. The molecular formula is C22H32O3Si. The van der Waals surface area contributed by atoms with Gasteiger partial charge in [-0.1, -0.05) is 61.5 Å². The van der Waals surface area contributed by atoms with E-state index in [2.05, 4.69) is 26.6 Å². The van der Waals surface area contributed by atoms with Gasteiger partial charge in [0.25, 0.3) is 0 Å². The van der Waals surface area contributed by atoms with Gasteiger partial charge >= 0.3 is 5.97 Å². The van der Waals surface area contributed by atoms with E-state index in [9.17, 15) is 4.79 Å². The molecule has 142 valence electrons. The van der Waals surface area contributed by atoms with E-state index in [1.807, 2.05) is 23.5 Å². The second-order valence-corrected chi connectivity index (χ2v) is 11.5. The highest BCUT2D eigenvalue weighted by Gasteiger charge is 2.24. The third-order valence-electron chi connectivity index (χ3n) is 5.61. The van der Waals surface area contributed by atoms with Gasteiger partial charge in [0.2, 0.25) is 0 Å². The van der Waals surface area contributed by atoms with E-state index in [0.29, 0.717) is 5.56 Å². The molecule has 1 saturated carbocycles. The molecule has 26 heavy (non-hydrogen) atoms. The van der Waals surface area contributed by atoms with Crippen molar-refractivity contribution in [1.82, 2.24) is 0 Å². The molecule has 0 saturated heterocycles. The summed E-state index contributed by atoms with van der Waals surface area (Å²) in [4.78, 5) is 22.7. The SMILES string of the molecule is C=C[Si](C)(C=C)c1ccc(C(=O)OOC2CCC(CCCC)CC2)cc1. The fraction of sp³-hybridized carbons (Fsp3) is 0.500. The van der Waals surface area contributed by atoms with E-state index in [-0.39, 0.29) is 6.10 Å². The normalized spacial score (nSPS) is 20.4. The molecule has 0 heterocycles. The molecule has 1 aromatic carbocycles. The lowest BCUT2D eigenvalue weighted by Crippen LogP contribution is -2.40. The van der Waals surface area contributed by atoms with Gasteiger partial charge in [-0.25, -0.2) is 4.79 Å². The van der Waals surface area contributed by atoms with Gasteiger partial charge in [-0.05, 0) is 43.7 Å². The lowest BCUT2D eigenvalue weighted by Gasteiger charge is -2.27. The first-order valence-corrected chi connectivity index (χ1v) is 12.4. The van der Waals surface area contributed by atoms with E-state index < -0.39 is 14.0 Å². The maximum absolute atomic E-state index is 12.2. The summed E-state index contributed by atoms with van der Waals surface area (Å²) in [6.45, 7) is 12.2. The molecule has 0 unspecified atom stereocenters. The van der Waals surface area contributed by atoms with E-state index >= 15 is 0 Å². The Hall–Kier alpha value is -1.65. The Labute approximate surface area is 159 Å². The minimum atomic E-state index is -1.85. The molecule has 4 heteroatoms. The number of hydrogen-bond acceptors (Lipinski definition) is 3. The molecule has 0 aromatic heterocycles. The Morgan fingerprint density at radius 1 is 1.15 bits per heavy atom. The van der Waals surface area contributed by atoms with Gasteiger partial charge in [0, 0.05) is 0 Å². The number of carbonyl (C=O) groups excluding carboxylic acids is 1. The summed E-state index contributed by atoms with van der Waals surface area (Å²) in [5, 5.41) is 1.17. The average molecular weight is 373 g/mol. The number of unbranched alkanes of at least 4 members (excludes halogenated alkanes) is 1. The van der Waals surface area contributed by atoms with Crippen molar-refractivity contribution in [2.45, 2.75) is 64.5 Å². The van der Waals surface area contributed by atoms with Gasteiger partial charge in [-0.3, -0.25) is 4.89 Å². The van der Waals surface area contributed by atoms with E-state index in [4.69, 9.17) is 9.78 Å². The summed E-state index contributed by atoms with van der Waals surface area (Å²) >= 11 is 0. The van der Waals surface area contributed by atoms with Crippen LogP contribution in [-0.4, -0.2) is 20.1 Å². The van der Waals surface area contributed by atoms with Crippen LogP contribution in [0.15, 0.2) is 48.8 Å². The largest absolute Gasteiger partial charge is 0.373 e. The zero-order valence-corrected chi connectivity index (χ0v) is 17.2. The van der Waals surface area contributed by atoms with Crippen molar-refractivity contribution >= 4 is 19.2 Å². The second-order valence-electron chi connectivity index (χ2n) is 7.52. The standard InChI is InChI=1S/C22H32O3Si/c1-5-8-9-18-10-14-20(15-11-18)24-25-22(23)19-12-16-21(17-13-19)26(4,6-2)7-3/h6-7,12-13,16-18,20H,2-3,5,8-11,14-15H2,1,4H3. The van der Waals surface area contributed by atoms with Gasteiger partial charge in [-0.15, -0.1) is 13.2 Å². The van der Waals surface area contributed by atoms with E-state index in [0.717, 1.165) is 18.8 Å². The van der Waals surface area contributed by atoms with Crippen molar-refractivity contribution in [1.29, 1.82) is 0 Å². The lowest BCUT2D eigenvalue weighted by atomic mass is 9.84. The molecular weight excluding hydrogens is 340 g/mol. The number of hydrogen-bond donors (Lipinski definition) is 0. The zero-order chi connectivity index (χ0) is 19.0. The Morgan fingerprint density at radius 3 is 2.31 bits per heavy atom. The van der Waals surface area contributed by atoms with Crippen molar-refractivity contribution in [2.75, 3.05) is 0 Å². The predicted molar refractivity (Wildman–Crippen MR) is 110 cm³/mol. The molecule has 0 bridgehead atoms. The van der Waals surface area contributed by atoms with Crippen LogP contribution < -0.4 is 5.19 Å². The van der Waals surface area contributed by atoms with Crippen molar-refractivity contribution in [3.63, 3.8) is 0 Å². The van der Waals surface area contributed by atoms with Crippen LogP contribution in [0.25, 0.3) is 0 Å². The first kappa shape index (κ1) is 20.7. The Kier molecular flexibility index (Phi) is 7.85. The molecule has 0 radical (unpaired) electrons. The van der Waals surface area contributed by atoms with Crippen LogP contribution in [-0.2, 0) is 9.78 Å². The molecule has 1 aliphatic carbocycles. The fourth-order valence-corrected chi connectivity index (χ4v) is 4.98. The number of benzene rings is 1. The summed E-state index contributed by atoms with van der Waals surface area (Å²) in [6, 6.07) is 7.51. The summed E-state index contributed by atoms with van der Waals surface area (Å²) in [5.74, 6) is 0.386. The Balaban J connectivity index is 1.82. The third-order valence-corrected chi connectivity index (χ3v) is 8.88. The number of rotatable bonds is 9. The number of carbonyl (C=O) groups is 1. The van der Waals surface area contributed by atoms with Crippen LogP contribution in [0.4, 0.5) is 0 Å². The first-order chi connectivity index (χ1) is 12.5. The van der Waals surface area contributed by atoms with Crippen LogP contribution in [0, 0.1) is 5.92 Å². The molecule has 1 fully saturated rings. The maximum atomic E-state index is 12.2. The Morgan fingerprint density at radius 2 is 1.77 bits per heavy atom. The minimum absolute atomic E-state index is 0.0355. The van der Waals surface area contributed by atoms with E-state index in [1.165, 1.54) is 37.3 Å². The molecule has 0 spiro atoms. The van der Waals surface area contributed by atoms with Crippen molar-refractivity contribution in [3.8, 4) is 0 Å². The first-order valence-electron chi connectivity index (χ1n) is 9.77. The molecule has 0 N–H and O–H groups in total. The van der Waals surface area contributed by atoms with Crippen LogP contribution >= 0.6 is 0 Å². The molecule has 0 atom stereocenters. The Bertz CT molecular complexity index is 592. The van der Waals surface area contributed by atoms with Gasteiger partial charge < -0.3 is 0 Å². The summed E-state index contributed by atoms with van der Waals surface area (Å²) in [5.41, 5.74) is 4.47. The lowest BCUT2D eigenvalue weighted by molar-refractivity contribution is -0.280. The molecule has 1 aromatic rings. The van der Waals surface area contributed by atoms with Gasteiger partial charge in [0.1, 0.15) is 14.2 Å². The van der Waals surface area contributed by atoms with Crippen LogP contribution in [0.3, 0.4) is 0 Å². The zero-order valence-electron chi connectivity index (χ0n) is 16.2. The third kappa shape index (κ3) is 5.42. The van der Waals surface area contributed by atoms with Crippen molar-refractivity contribution in [3.05, 3.63) is 54.4 Å². The van der Waals surface area contributed by atoms with Gasteiger partial charge in [0.05, 0.1) is 5.56 Å². The molecule has 3 nitrogen and oxygen atoms in total. The second kappa shape index (κ2) is 9.88. The smallest absolute Gasteiger partial charge is 0.293 e. The monoisotopic (exact) mass is 372 g/mol. The average Bonchev–Trinajstić information content (AvgIpc) is 2.70. The highest BCUT2D eigenvalue weighted by atomic mass is 28.3. The van der Waals surface area contributed by atoms with Crippen molar-refractivity contribution in [2.24, 2.45) is 5.92 Å². The van der Waals surface area contributed by atoms with Gasteiger partial charge in [-0.2, -0.15) is 4.89 Å². The highest BCUT2D eigenvalue weighted by Crippen LogP contribution is 2.30. The maximum Gasteiger partial charge on any atom is 0.373 e. The van der Waals surface area contributed by atoms with Crippen LogP contribution in [0.1, 0.15) is 62.2 Å².